The average molecular weight is 216 g/mol. The maximum Gasteiger partial charge on any atom is 0.227 e. The Morgan fingerprint density at radius 2 is 2.29 bits per heavy atom. The van der Waals surface area contributed by atoms with Gasteiger partial charge in [0.05, 0.1) is 5.41 Å². The molecule has 1 aliphatic rings. The second-order valence-corrected chi connectivity index (χ2v) is 5.08. The van der Waals surface area contributed by atoms with Crippen LogP contribution in [0.3, 0.4) is 0 Å². The van der Waals surface area contributed by atoms with Gasteiger partial charge in [0.25, 0.3) is 0 Å². The Labute approximate surface area is 90.2 Å². The highest BCUT2D eigenvalue weighted by Gasteiger charge is 2.42. The molecule has 4 heteroatoms. The van der Waals surface area contributed by atoms with E-state index < -0.39 is 0 Å². The van der Waals surface area contributed by atoms with E-state index in [0.29, 0.717) is 6.54 Å². The van der Waals surface area contributed by atoms with Crippen LogP contribution in [0, 0.1) is 5.41 Å². The molecule has 1 saturated carbocycles. The van der Waals surface area contributed by atoms with Crippen molar-refractivity contribution in [3.8, 4) is 0 Å². The standard InChI is InChI=1S/C10H20N2OS/c1-8(6-14-2)12-9(13)10(7-11)4-3-5-10/h8H,3-7,11H2,1-2H3,(H,12,13). The molecule has 1 amide bonds. The molecule has 1 aliphatic carbocycles. The number of amides is 1. The third-order valence-corrected chi connectivity index (χ3v) is 3.81. The first-order chi connectivity index (χ1) is 6.64. The largest absolute Gasteiger partial charge is 0.352 e. The van der Waals surface area contributed by atoms with Crippen molar-refractivity contribution >= 4 is 17.7 Å². The molecule has 0 aromatic heterocycles. The molecule has 0 bridgehead atoms. The van der Waals surface area contributed by atoms with E-state index in [1.165, 1.54) is 0 Å². The van der Waals surface area contributed by atoms with Gasteiger partial charge in [-0.1, -0.05) is 6.42 Å². The maximum atomic E-state index is 11.9. The smallest absolute Gasteiger partial charge is 0.227 e. The van der Waals surface area contributed by atoms with Gasteiger partial charge in [0, 0.05) is 18.3 Å². The normalized spacial score (nSPS) is 21.1. The highest BCUT2D eigenvalue weighted by Crippen LogP contribution is 2.40. The number of carbonyl (C=O) groups excluding carboxylic acids is 1. The van der Waals surface area contributed by atoms with Gasteiger partial charge in [-0.05, 0) is 26.0 Å². The van der Waals surface area contributed by atoms with Crippen LogP contribution in [0.25, 0.3) is 0 Å². The fourth-order valence-electron chi connectivity index (χ4n) is 1.80. The van der Waals surface area contributed by atoms with Crippen LogP contribution in [0.1, 0.15) is 26.2 Å². The SMILES string of the molecule is CSCC(C)NC(=O)C1(CN)CCC1. The predicted molar refractivity (Wildman–Crippen MR) is 61.3 cm³/mol. The summed E-state index contributed by atoms with van der Waals surface area (Å²) >= 11 is 1.75. The first kappa shape index (κ1) is 11.9. The lowest BCUT2D eigenvalue weighted by atomic mass is 9.68. The van der Waals surface area contributed by atoms with E-state index in [2.05, 4.69) is 5.32 Å². The lowest BCUT2D eigenvalue weighted by Crippen LogP contribution is -2.52. The van der Waals surface area contributed by atoms with Gasteiger partial charge in [-0.15, -0.1) is 0 Å². The Hall–Kier alpha value is -0.220. The zero-order chi connectivity index (χ0) is 10.6. The van der Waals surface area contributed by atoms with Crippen LogP contribution in [0.15, 0.2) is 0 Å². The van der Waals surface area contributed by atoms with Crippen molar-refractivity contribution in [2.75, 3.05) is 18.6 Å². The van der Waals surface area contributed by atoms with Crippen LogP contribution in [0.4, 0.5) is 0 Å². The van der Waals surface area contributed by atoms with Crippen molar-refractivity contribution in [3.63, 3.8) is 0 Å². The van der Waals surface area contributed by atoms with Gasteiger partial charge >= 0.3 is 0 Å². The number of hydrogen-bond acceptors (Lipinski definition) is 3. The minimum Gasteiger partial charge on any atom is -0.352 e. The van der Waals surface area contributed by atoms with Gasteiger partial charge < -0.3 is 11.1 Å². The molecule has 0 aromatic rings. The second-order valence-electron chi connectivity index (χ2n) is 4.17. The van der Waals surface area contributed by atoms with Gasteiger partial charge in [0.2, 0.25) is 5.91 Å². The monoisotopic (exact) mass is 216 g/mol. The molecule has 0 aromatic carbocycles. The maximum absolute atomic E-state index is 11.9. The van der Waals surface area contributed by atoms with Crippen LogP contribution in [-0.2, 0) is 4.79 Å². The van der Waals surface area contributed by atoms with Crippen LogP contribution in [0.2, 0.25) is 0 Å². The Kier molecular flexibility index (Phi) is 4.26. The summed E-state index contributed by atoms with van der Waals surface area (Å²) in [5.74, 6) is 1.12. The molecule has 14 heavy (non-hydrogen) atoms. The number of nitrogens with two attached hydrogens (primary N) is 1. The molecule has 0 spiro atoms. The van der Waals surface area contributed by atoms with E-state index in [0.717, 1.165) is 25.0 Å². The number of hydrogen-bond donors (Lipinski definition) is 2. The van der Waals surface area contributed by atoms with E-state index in [1.54, 1.807) is 11.8 Å². The van der Waals surface area contributed by atoms with E-state index in [9.17, 15) is 4.79 Å². The van der Waals surface area contributed by atoms with Gasteiger partial charge in [0.15, 0.2) is 0 Å². The summed E-state index contributed by atoms with van der Waals surface area (Å²) in [6.07, 6.45) is 5.11. The molecule has 3 N–H and O–H groups in total. The molecule has 82 valence electrons. The van der Waals surface area contributed by atoms with Crippen LogP contribution >= 0.6 is 11.8 Å². The lowest BCUT2D eigenvalue weighted by molar-refractivity contribution is -0.135. The molecule has 1 rings (SSSR count). The lowest BCUT2D eigenvalue weighted by Gasteiger charge is -2.39. The molecule has 1 atom stereocenters. The van der Waals surface area contributed by atoms with Crippen molar-refractivity contribution in [2.24, 2.45) is 11.1 Å². The van der Waals surface area contributed by atoms with Gasteiger partial charge in [0.1, 0.15) is 0 Å². The summed E-state index contributed by atoms with van der Waals surface area (Å²) in [7, 11) is 0. The van der Waals surface area contributed by atoms with Crippen molar-refractivity contribution in [3.05, 3.63) is 0 Å². The number of nitrogens with one attached hydrogen (secondary N) is 1. The average Bonchev–Trinajstić information content (AvgIpc) is 2.03. The first-order valence-electron chi connectivity index (χ1n) is 5.14. The van der Waals surface area contributed by atoms with Crippen LogP contribution in [-0.4, -0.2) is 30.5 Å². The Morgan fingerprint density at radius 3 is 2.64 bits per heavy atom. The van der Waals surface area contributed by atoms with Gasteiger partial charge in [-0.2, -0.15) is 11.8 Å². The van der Waals surface area contributed by atoms with Crippen molar-refractivity contribution in [2.45, 2.75) is 32.2 Å². The van der Waals surface area contributed by atoms with Gasteiger partial charge in [-0.25, -0.2) is 0 Å². The number of rotatable bonds is 5. The summed E-state index contributed by atoms with van der Waals surface area (Å²) in [6, 6.07) is 0.251. The van der Waals surface area contributed by atoms with E-state index >= 15 is 0 Å². The quantitative estimate of drug-likeness (QED) is 0.720. The number of carbonyl (C=O) groups is 1. The molecule has 0 heterocycles. The Bertz CT molecular complexity index is 199. The molecule has 0 radical (unpaired) electrons. The highest BCUT2D eigenvalue weighted by atomic mass is 32.2. The molecule has 0 aliphatic heterocycles. The Balaban J connectivity index is 2.40. The third kappa shape index (κ3) is 2.42. The summed E-state index contributed by atoms with van der Waals surface area (Å²) in [6.45, 7) is 2.53. The topological polar surface area (TPSA) is 55.1 Å². The fourth-order valence-corrected chi connectivity index (χ4v) is 2.38. The zero-order valence-electron chi connectivity index (χ0n) is 9.01. The molecule has 1 fully saturated rings. The fraction of sp³-hybridized carbons (Fsp3) is 0.900. The minimum atomic E-state index is -0.229. The van der Waals surface area contributed by atoms with Crippen molar-refractivity contribution in [1.29, 1.82) is 0 Å². The first-order valence-corrected chi connectivity index (χ1v) is 6.54. The third-order valence-electron chi connectivity index (χ3n) is 2.98. The van der Waals surface area contributed by atoms with E-state index in [4.69, 9.17) is 5.73 Å². The van der Waals surface area contributed by atoms with E-state index in [1.807, 2.05) is 13.2 Å². The molecule has 0 saturated heterocycles. The van der Waals surface area contributed by atoms with Crippen molar-refractivity contribution in [1.82, 2.24) is 5.32 Å². The molecule has 3 nitrogen and oxygen atoms in total. The van der Waals surface area contributed by atoms with Crippen LogP contribution in [0.5, 0.6) is 0 Å². The van der Waals surface area contributed by atoms with Gasteiger partial charge in [-0.3, -0.25) is 4.79 Å². The molecule has 1 unspecified atom stereocenters. The van der Waals surface area contributed by atoms with Crippen molar-refractivity contribution < 1.29 is 4.79 Å². The minimum absolute atomic E-state index is 0.160. The Morgan fingerprint density at radius 1 is 1.64 bits per heavy atom. The summed E-state index contributed by atoms with van der Waals surface area (Å²) in [4.78, 5) is 11.9. The highest BCUT2D eigenvalue weighted by molar-refractivity contribution is 7.98. The van der Waals surface area contributed by atoms with E-state index in [-0.39, 0.29) is 17.4 Å². The second kappa shape index (κ2) is 5.03. The summed E-state index contributed by atoms with van der Waals surface area (Å²) in [5, 5.41) is 3.03. The summed E-state index contributed by atoms with van der Waals surface area (Å²) < 4.78 is 0. The number of thioether (sulfide) groups is 1. The molecular formula is C10H20N2OS. The zero-order valence-corrected chi connectivity index (χ0v) is 9.82. The van der Waals surface area contributed by atoms with Crippen LogP contribution < -0.4 is 11.1 Å². The summed E-state index contributed by atoms with van der Waals surface area (Å²) in [5.41, 5.74) is 5.42. The predicted octanol–water partition coefficient (Wildman–Crippen LogP) is 0.983. The molecular weight excluding hydrogens is 196 g/mol.